The van der Waals surface area contributed by atoms with E-state index < -0.39 is 0 Å². The molecule has 0 saturated carbocycles. The topological polar surface area (TPSA) is 26.7 Å². The second-order valence-corrected chi connectivity index (χ2v) is 6.27. The van der Waals surface area contributed by atoms with Crippen molar-refractivity contribution in [2.24, 2.45) is 5.92 Å². The van der Waals surface area contributed by atoms with Gasteiger partial charge in [0.15, 0.2) is 0 Å². The Hall–Kier alpha value is -0.120. The van der Waals surface area contributed by atoms with Gasteiger partial charge in [0, 0.05) is 38.3 Å². The third kappa shape index (κ3) is 4.04. The first-order valence-electron chi connectivity index (χ1n) is 6.46. The number of piperazine rings is 1. The number of hydrogen-bond donors (Lipinski definition) is 1. The van der Waals surface area contributed by atoms with Crippen molar-refractivity contribution < 1.29 is 5.11 Å². The lowest BCUT2D eigenvalue weighted by molar-refractivity contribution is 0.0243. The fraction of sp³-hybridized carbons (Fsp3) is 1.00. The van der Waals surface area contributed by atoms with Crippen LogP contribution in [0.3, 0.4) is 0 Å². The second-order valence-electron chi connectivity index (χ2n) is 6.27. The van der Waals surface area contributed by atoms with Gasteiger partial charge in [-0.3, -0.25) is 9.80 Å². The lowest BCUT2D eigenvalue weighted by atomic mass is 10.0. The van der Waals surface area contributed by atoms with Gasteiger partial charge < -0.3 is 5.11 Å². The van der Waals surface area contributed by atoms with Gasteiger partial charge in [-0.2, -0.15) is 0 Å². The lowest BCUT2D eigenvalue weighted by Gasteiger charge is -2.42. The Kier molecular flexibility index (Phi) is 4.77. The average molecular weight is 228 g/mol. The zero-order chi connectivity index (χ0) is 12.3. The molecule has 3 heteroatoms. The first-order chi connectivity index (χ1) is 7.30. The van der Waals surface area contributed by atoms with Crippen molar-refractivity contribution in [3.8, 4) is 0 Å². The molecule has 1 rings (SSSR count). The summed E-state index contributed by atoms with van der Waals surface area (Å²) >= 11 is 0. The van der Waals surface area contributed by atoms with Crippen LogP contribution < -0.4 is 0 Å². The van der Waals surface area contributed by atoms with E-state index in [1.165, 1.54) is 0 Å². The van der Waals surface area contributed by atoms with Gasteiger partial charge in [-0.15, -0.1) is 0 Å². The Morgan fingerprint density at radius 3 is 1.94 bits per heavy atom. The Morgan fingerprint density at radius 1 is 1.06 bits per heavy atom. The van der Waals surface area contributed by atoms with E-state index in [4.69, 9.17) is 0 Å². The molecule has 96 valence electrons. The number of aliphatic hydroxyl groups is 1. The normalized spacial score (nSPS) is 22.7. The zero-order valence-corrected chi connectivity index (χ0v) is 11.5. The summed E-state index contributed by atoms with van der Waals surface area (Å²) in [5.74, 6) is 0.362. The van der Waals surface area contributed by atoms with Crippen LogP contribution in [0.5, 0.6) is 0 Å². The van der Waals surface area contributed by atoms with Crippen molar-refractivity contribution in [3.05, 3.63) is 0 Å². The van der Waals surface area contributed by atoms with Gasteiger partial charge in [0.1, 0.15) is 0 Å². The molecule has 0 bridgehead atoms. The predicted molar refractivity (Wildman–Crippen MR) is 68.6 cm³/mol. The molecule has 0 aliphatic carbocycles. The van der Waals surface area contributed by atoms with E-state index in [2.05, 4.69) is 44.4 Å². The van der Waals surface area contributed by atoms with Gasteiger partial charge in [-0.25, -0.2) is 0 Å². The van der Waals surface area contributed by atoms with Crippen LogP contribution in [-0.2, 0) is 0 Å². The van der Waals surface area contributed by atoms with Gasteiger partial charge in [0.05, 0.1) is 6.10 Å². The quantitative estimate of drug-likeness (QED) is 0.791. The van der Waals surface area contributed by atoms with E-state index in [9.17, 15) is 5.11 Å². The summed E-state index contributed by atoms with van der Waals surface area (Å²) in [5.41, 5.74) is 0.281. The molecular formula is C13H28N2O. The highest BCUT2D eigenvalue weighted by molar-refractivity contribution is 4.82. The molecule has 0 amide bonds. The van der Waals surface area contributed by atoms with Crippen molar-refractivity contribution in [2.45, 2.75) is 46.3 Å². The molecule has 1 N–H and O–H groups in total. The predicted octanol–water partition coefficient (Wildman–Crippen LogP) is 1.42. The van der Waals surface area contributed by atoms with Crippen molar-refractivity contribution in [1.29, 1.82) is 0 Å². The van der Waals surface area contributed by atoms with Gasteiger partial charge >= 0.3 is 0 Å². The summed E-state index contributed by atoms with van der Waals surface area (Å²) < 4.78 is 0. The number of aliphatic hydroxyl groups excluding tert-OH is 1. The van der Waals surface area contributed by atoms with Crippen LogP contribution in [0.25, 0.3) is 0 Å². The van der Waals surface area contributed by atoms with Crippen LogP contribution in [-0.4, -0.2) is 59.3 Å². The first-order valence-corrected chi connectivity index (χ1v) is 6.46. The molecule has 0 aromatic carbocycles. The van der Waals surface area contributed by atoms with Gasteiger partial charge in [0.2, 0.25) is 0 Å². The monoisotopic (exact) mass is 228 g/mol. The summed E-state index contributed by atoms with van der Waals surface area (Å²) in [6.45, 7) is 16.2. The highest BCUT2D eigenvalue weighted by Crippen LogP contribution is 2.16. The molecule has 1 fully saturated rings. The minimum atomic E-state index is -0.179. The first kappa shape index (κ1) is 13.9. The van der Waals surface area contributed by atoms with E-state index in [-0.39, 0.29) is 11.6 Å². The summed E-state index contributed by atoms with van der Waals surface area (Å²) in [6, 6.07) is 0. The molecule has 1 atom stereocenters. The molecule has 0 aromatic heterocycles. The lowest BCUT2D eigenvalue weighted by Crippen LogP contribution is -2.54. The zero-order valence-electron chi connectivity index (χ0n) is 11.5. The SMILES string of the molecule is CC(C)[C@@H](O)CN1CCN(C(C)(C)C)CC1. The van der Waals surface area contributed by atoms with E-state index in [1.54, 1.807) is 0 Å². The van der Waals surface area contributed by atoms with Crippen LogP contribution in [0.2, 0.25) is 0 Å². The molecule has 0 aromatic rings. The molecule has 1 aliphatic heterocycles. The highest BCUT2D eigenvalue weighted by atomic mass is 16.3. The maximum absolute atomic E-state index is 9.85. The highest BCUT2D eigenvalue weighted by Gasteiger charge is 2.26. The fourth-order valence-electron chi connectivity index (χ4n) is 2.08. The van der Waals surface area contributed by atoms with Crippen LogP contribution in [0.1, 0.15) is 34.6 Å². The van der Waals surface area contributed by atoms with Gasteiger partial charge in [-0.05, 0) is 26.7 Å². The number of hydrogen-bond acceptors (Lipinski definition) is 3. The molecule has 0 radical (unpaired) electrons. The van der Waals surface area contributed by atoms with E-state index in [0.29, 0.717) is 5.92 Å². The summed E-state index contributed by atoms with van der Waals surface area (Å²) in [7, 11) is 0. The smallest absolute Gasteiger partial charge is 0.0689 e. The second kappa shape index (κ2) is 5.48. The maximum atomic E-state index is 9.85. The Morgan fingerprint density at radius 2 is 1.56 bits per heavy atom. The Bertz CT molecular complexity index is 202. The number of β-amino-alcohol motifs (C(OH)–C–C–N with tert-alkyl or cyclic N) is 1. The Balaban J connectivity index is 2.32. The fourth-order valence-corrected chi connectivity index (χ4v) is 2.08. The largest absolute Gasteiger partial charge is 0.392 e. The summed E-state index contributed by atoms with van der Waals surface area (Å²) in [5, 5.41) is 9.85. The summed E-state index contributed by atoms with van der Waals surface area (Å²) in [4.78, 5) is 4.90. The minimum Gasteiger partial charge on any atom is -0.392 e. The van der Waals surface area contributed by atoms with Crippen molar-refractivity contribution in [1.82, 2.24) is 9.80 Å². The van der Waals surface area contributed by atoms with E-state index in [1.807, 2.05) is 0 Å². The number of rotatable bonds is 3. The van der Waals surface area contributed by atoms with E-state index >= 15 is 0 Å². The molecule has 1 heterocycles. The molecule has 0 unspecified atom stereocenters. The number of nitrogens with zero attached hydrogens (tertiary/aromatic N) is 2. The third-order valence-electron chi connectivity index (χ3n) is 3.54. The van der Waals surface area contributed by atoms with Crippen LogP contribution in [0.4, 0.5) is 0 Å². The maximum Gasteiger partial charge on any atom is 0.0689 e. The van der Waals surface area contributed by atoms with Crippen LogP contribution in [0, 0.1) is 5.92 Å². The van der Waals surface area contributed by atoms with Crippen molar-refractivity contribution in [3.63, 3.8) is 0 Å². The third-order valence-corrected chi connectivity index (χ3v) is 3.54. The molecule has 1 aliphatic rings. The molecule has 0 spiro atoms. The molecule has 3 nitrogen and oxygen atoms in total. The minimum absolute atomic E-state index is 0.179. The van der Waals surface area contributed by atoms with E-state index in [0.717, 1.165) is 32.7 Å². The molecule has 1 saturated heterocycles. The van der Waals surface area contributed by atoms with Crippen LogP contribution >= 0.6 is 0 Å². The average Bonchev–Trinajstić information content (AvgIpc) is 2.17. The standard InChI is InChI=1S/C13H28N2O/c1-11(2)12(16)10-14-6-8-15(9-7-14)13(3,4)5/h11-12,16H,6-10H2,1-5H3/t12-/m0/s1. The van der Waals surface area contributed by atoms with Gasteiger partial charge in [0.25, 0.3) is 0 Å². The van der Waals surface area contributed by atoms with Crippen molar-refractivity contribution >= 4 is 0 Å². The van der Waals surface area contributed by atoms with Crippen LogP contribution in [0.15, 0.2) is 0 Å². The Labute approximate surface area is 100 Å². The summed E-state index contributed by atoms with van der Waals surface area (Å²) in [6.07, 6.45) is -0.179. The molecular weight excluding hydrogens is 200 g/mol. The van der Waals surface area contributed by atoms with Gasteiger partial charge in [-0.1, -0.05) is 13.8 Å². The van der Waals surface area contributed by atoms with Crippen molar-refractivity contribution in [2.75, 3.05) is 32.7 Å². The molecule has 16 heavy (non-hydrogen) atoms.